The lowest BCUT2D eigenvalue weighted by molar-refractivity contribution is 0.853. The highest BCUT2D eigenvalue weighted by atomic mass is 28.3. The van der Waals surface area contributed by atoms with E-state index in [1.165, 1.54) is 55.5 Å². The van der Waals surface area contributed by atoms with Gasteiger partial charge in [0.25, 0.3) is 0 Å². The van der Waals surface area contributed by atoms with Gasteiger partial charge in [0.15, 0.2) is 0 Å². The number of nitrogens with zero attached hydrogens (tertiary/aromatic N) is 1. The van der Waals surface area contributed by atoms with Crippen LogP contribution in [-0.4, -0.2) is 12.6 Å². The molecule has 0 saturated heterocycles. The number of hydrogen-bond acceptors (Lipinski definition) is 0. The molecular weight excluding hydrogens is 414 g/mol. The van der Waals surface area contributed by atoms with Crippen LogP contribution in [0.4, 0.5) is 0 Å². The molecule has 1 heterocycles. The first kappa shape index (κ1) is 19.1. The Morgan fingerprint density at radius 1 is 0.576 bits per heavy atom. The second kappa shape index (κ2) is 6.58. The summed E-state index contributed by atoms with van der Waals surface area (Å²) in [5.41, 5.74) is 14.2. The molecule has 1 nitrogen and oxygen atoms in total. The van der Waals surface area contributed by atoms with Gasteiger partial charge in [-0.2, -0.15) is 0 Å². The van der Waals surface area contributed by atoms with Crippen molar-refractivity contribution in [1.82, 2.24) is 4.57 Å². The van der Waals surface area contributed by atoms with E-state index in [-0.39, 0.29) is 0 Å². The topological polar surface area (TPSA) is 4.93 Å². The Kier molecular flexibility index (Phi) is 3.82. The van der Waals surface area contributed by atoms with Crippen molar-refractivity contribution in [3.8, 4) is 22.3 Å². The van der Waals surface area contributed by atoms with Gasteiger partial charge in [-0.3, -0.25) is 0 Å². The molecule has 160 valence electrons. The van der Waals surface area contributed by atoms with Crippen molar-refractivity contribution in [3.63, 3.8) is 0 Å². The van der Waals surface area contributed by atoms with Crippen molar-refractivity contribution >= 4 is 19.0 Å². The molecule has 0 amide bonds. The molecule has 33 heavy (non-hydrogen) atoms. The maximum Gasteiger partial charge on any atom is 0.0750 e. The zero-order valence-corrected chi connectivity index (χ0v) is 20.3. The van der Waals surface area contributed by atoms with Crippen LogP contribution in [0, 0.1) is 0 Å². The van der Waals surface area contributed by atoms with Gasteiger partial charge in [0, 0.05) is 40.3 Å². The number of fused-ring (bicyclic) bond motifs is 8. The van der Waals surface area contributed by atoms with E-state index in [4.69, 9.17) is 0 Å². The normalized spacial score (nSPS) is 16.5. The maximum absolute atomic E-state index is 2.63. The van der Waals surface area contributed by atoms with Crippen molar-refractivity contribution in [2.24, 2.45) is 7.05 Å². The molecule has 7 rings (SSSR count). The van der Waals surface area contributed by atoms with Crippen LogP contribution in [0.15, 0.2) is 97.1 Å². The van der Waals surface area contributed by atoms with Gasteiger partial charge in [0.05, 0.1) is 8.07 Å². The van der Waals surface area contributed by atoms with Gasteiger partial charge in [-0.25, -0.2) is 0 Å². The van der Waals surface area contributed by atoms with Gasteiger partial charge in [0.1, 0.15) is 0 Å². The second-order valence-corrected chi connectivity index (χ2v) is 15.1. The molecular formula is C31H27NSi. The number of aryl methyl sites for hydroxylation is 1. The number of hydrogen-bond donors (Lipinski definition) is 0. The van der Waals surface area contributed by atoms with E-state index in [1.807, 2.05) is 0 Å². The number of para-hydroxylation sites is 1. The molecule has 0 N–H and O–H groups in total. The Labute approximate surface area is 196 Å². The first-order valence-corrected chi connectivity index (χ1v) is 15.1. The fourth-order valence-corrected chi connectivity index (χ4v) is 11.6. The van der Waals surface area contributed by atoms with E-state index in [9.17, 15) is 0 Å². The van der Waals surface area contributed by atoms with Crippen LogP contribution < -0.4 is 0 Å². The van der Waals surface area contributed by atoms with Crippen LogP contribution in [0.2, 0.25) is 13.1 Å². The Morgan fingerprint density at radius 3 is 1.70 bits per heavy atom. The largest absolute Gasteiger partial charge is 0.347 e. The smallest absolute Gasteiger partial charge is 0.0750 e. The highest BCUT2D eigenvalue weighted by molar-refractivity contribution is 6.82. The molecule has 0 aliphatic heterocycles. The summed E-state index contributed by atoms with van der Waals surface area (Å²) in [6, 6.07) is 36.4. The van der Waals surface area contributed by atoms with E-state index in [1.54, 1.807) is 0 Å². The van der Waals surface area contributed by atoms with Gasteiger partial charge in [-0.1, -0.05) is 104 Å². The fraction of sp³-hybridized carbons (Fsp3) is 0.161. The third-order valence-electron chi connectivity index (χ3n) is 8.29. The molecule has 4 aromatic carbocycles. The number of rotatable bonds is 2. The first-order valence-electron chi connectivity index (χ1n) is 11.9. The zero-order chi connectivity index (χ0) is 22.3. The average molecular weight is 442 g/mol. The standard InChI is InChI=1S/C31H27NSi/c1-32-27-19-11-10-18-26(27)28-22-14-6-9-17-25(22)31(29(28)32)33(2,3)30-23-15-7-4-12-20(23)21-13-5-8-16-24(21)30/h4-19,30-31H,1-3H3. The molecule has 1 aromatic heterocycles. The molecule has 0 radical (unpaired) electrons. The van der Waals surface area contributed by atoms with Crippen molar-refractivity contribution in [2.75, 3.05) is 0 Å². The highest BCUT2D eigenvalue weighted by Gasteiger charge is 2.50. The van der Waals surface area contributed by atoms with Gasteiger partial charge in [0.2, 0.25) is 0 Å². The van der Waals surface area contributed by atoms with Gasteiger partial charge in [-0.05, 0) is 39.4 Å². The first-order chi connectivity index (χ1) is 16.1. The Balaban J connectivity index is 1.53. The van der Waals surface area contributed by atoms with Crippen LogP contribution in [0.3, 0.4) is 0 Å². The monoisotopic (exact) mass is 441 g/mol. The number of aromatic nitrogens is 1. The summed E-state index contributed by atoms with van der Waals surface area (Å²) in [6.07, 6.45) is 0. The molecule has 5 aromatic rings. The third-order valence-corrected chi connectivity index (χ3v) is 12.5. The summed E-state index contributed by atoms with van der Waals surface area (Å²) in [4.78, 5) is 0. The van der Waals surface area contributed by atoms with Crippen molar-refractivity contribution in [3.05, 3.63) is 119 Å². The summed E-state index contributed by atoms with van der Waals surface area (Å²) < 4.78 is 2.50. The summed E-state index contributed by atoms with van der Waals surface area (Å²) in [5, 5.41) is 1.39. The highest BCUT2D eigenvalue weighted by Crippen LogP contribution is 2.58. The maximum atomic E-state index is 2.63. The van der Waals surface area contributed by atoms with Crippen molar-refractivity contribution < 1.29 is 0 Å². The summed E-state index contributed by atoms with van der Waals surface area (Å²) in [7, 11) is 0.322. The predicted octanol–water partition coefficient (Wildman–Crippen LogP) is 7.89. The van der Waals surface area contributed by atoms with Crippen LogP contribution in [0.1, 0.15) is 33.5 Å². The van der Waals surface area contributed by atoms with E-state index in [0.717, 1.165) is 0 Å². The molecule has 0 spiro atoms. The van der Waals surface area contributed by atoms with E-state index >= 15 is 0 Å². The molecule has 0 saturated carbocycles. The molecule has 1 atom stereocenters. The Morgan fingerprint density at radius 2 is 1.06 bits per heavy atom. The third kappa shape index (κ3) is 2.37. The van der Waals surface area contributed by atoms with E-state index < -0.39 is 8.07 Å². The van der Waals surface area contributed by atoms with Gasteiger partial charge < -0.3 is 4.57 Å². The van der Waals surface area contributed by atoms with Gasteiger partial charge in [-0.15, -0.1) is 0 Å². The molecule has 0 fully saturated rings. The van der Waals surface area contributed by atoms with Crippen LogP contribution in [0.5, 0.6) is 0 Å². The summed E-state index contributed by atoms with van der Waals surface area (Å²) >= 11 is 0. The van der Waals surface area contributed by atoms with E-state index in [2.05, 4.69) is 122 Å². The van der Waals surface area contributed by atoms with Crippen LogP contribution in [-0.2, 0) is 7.05 Å². The lowest BCUT2D eigenvalue weighted by Crippen LogP contribution is -2.42. The quantitative estimate of drug-likeness (QED) is 0.245. The molecule has 0 bridgehead atoms. The fourth-order valence-electron chi connectivity index (χ4n) is 7.03. The average Bonchev–Trinajstić information content (AvgIpc) is 3.46. The molecule has 2 heteroatoms. The summed E-state index contributed by atoms with van der Waals surface area (Å²) in [6.45, 7) is 5.26. The second-order valence-electron chi connectivity index (χ2n) is 10.3. The SMILES string of the molecule is Cn1c2c(c3ccccc31)-c1ccccc1C2[Si](C)(C)C1c2ccccc2-c2ccccc21. The van der Waals surface area contributed by atoms with Crippen molar-refractivity contribution in [1.29, 1.82) is 0 Å². The molecule has 1 unspecified atom stereocenters. The van der Waals surface area contributed by atoms with Crippen molar-refractivity contribution in [2.45, 2.75) is 24.2 Å². The predicted molar refractivity (Wildman–Crippen MR) is 141 cm³/mol. The minimum atomic E-state index is -1.96. The zero-order valence-electron chi connectivity index (χ0n) is 19.3. The van der Waals surface area contributed by atoms with Gasteiger partial charge >= 0.3 is 0 Å². The van der Waals surface area contributed by atoms with E-state index in [0.29, 0.717) is 11.1 Å². The molecule has 2 aliphatic rings. The minimum Gasteiger partial charge on any atom is -0.347 e. The molecule has 2 aliphatic carbocycles. The summed E-state index contributed by atoms with van der Waals surface area (Å²) in [5.74, 6) is 0. The Bertz CT molecular complexity index is 1530. The minimum absolute atomic E-state index is 0.449. The number of benzene rings is 4. The van der Waals surface area contributed by atoms with Crippen LogP contribution in [0.25, 0.3) is 33.2 Å². The Hall–Kier alpha value is -3.36. The lowest BCUT2D eigenvalue weighted by atomic mass is 10.0. The lowest BCUT2D eigenvalue weighted by Gasteiger charge is -2.38. The van der Waals surface area contributed by atoms with Crippen LogP contribution >= 0.6 is 0 Å².